The van der Waals surface area contributed by atoms with Crippen molar-refractivity contribution in [1.29, 1.82) is 0 Å². The number of nitrogens with zero attached hydrogens (tertiary/aromatic N) is 3. The van der Waals surface area contributed by atoms with E-state index in [4.69, 9.17) is 5.11 Å². The van der Waals surface area contributed by atoms with Crippen LogP contribution in [0.15, 0.2) is 12.1 Å². The van der Waals surface area contributed by atoms with Crippen LogP contribution in [0.1, 0.15) is 16.8 Å². The number of carboxylic acid groups (broad SMARTS) is 1. The molecule has 0 aliphatic rings. The van der Waals surface area contributed by atoms with Crippen LogP contribution in [0.3, 0.4) is 0 Å². The van der Waals surface area contributed by atoms with E-state index < -0.39 is 33.1 Å². The second kappa shape index (κ2) is 10.8. The third-order valence-electron chi connectivity index (χ3n) is 3.38. The van der Waals surface area contributed by atoms with Crippen molar-refractivity contribution in [1.82, 2.24) is 5.32 Å². The summed E-state index contributed by atoms with van der Waals surface area (Å²) in [7, 11) is 0. The van der Waals surface area contributed by atoms with Gasteiger partial charge in [0.05, 0.1) is 27.9 Å². The number of nitro groups is 2. The lowest BCUT2D eigenvalue weighted by Gasteiger charge is -2.25. The van der Waals surface area contributed by atoms with Crippen LogP contribution in [0.25, 0.3) is 0 Å². The topological polar surface area (TPSA) is 156 Å². The van der Waals surface area contributed by atoms with Crippen molar-refractivity contribution in [2.45, 2.75) is 6.42 Å². The smallest absolute Gasteiger partial charge is 0.305 e. The number of hydrogen-bond acceptors (Lipinski definition) is 7. The predicted octanol–water partition coefficient (Wildman–Crippen LogP) is 2.30. The van der Waals surface area contributed by atoms with E-state index in [1.54, 1.807) is 4.90 Å². The average molecular weight is 512 g/mol. The molecule has 0 fully saturated rings. The molecule has 0 aromatic heterocycles. The lowest BCUT2D eigenvalue weighted by atomic mass is 10.1. The second-order valence-electron chi connectivity index (χ2n) is 5.14. The molecular weight excluding hydrogens is 496 g/mol. The van der Waals surface area contributed by atoms with Crippen molar-refractivity contribution in [3.8, 4) is 0 Å². The van der Waals surface area contributed by atoms with Crippen LogP contribution in [0.2, 0.25) is 0 Å². The van der Waals surface area contributed by atoms with Gasteiger partial charge >= 0.3 is 5.97 Å². The predicted molar refractivity (Wildman–Crippen MR) is 104 cm³/mol. The summed E-state index contributed by atoms with van der Waals surface area (Å²) in [6.45, 7) is 0.389. The molecule has 0 saturated heterocycles. The molecule has 0 bridgehead atoms. The summed E-state index contributed by atoms with van der Waals surface area (Å²) >= 11 is 6.47. The minimum Gasteiger partial charge on any atom is -0.481 e. The normalized spacial score (nSPS) is 10.3. The Bertz CT molecular complexity index is 738. The van der Waals surface area contributed by atoms with Crippen LogP contribution >= 0.6 is 31.9 Å². The molecule has 27 heavy (non-hydrogen) atoms. The summed E-state index contributed by atoms with van der Waals surface area (Å²) in [6, 6.07) is 1.76. The van der Waals surface area contributed by atoms with E-state index in [1.165, 1.54) is 0 Å². The number of carboxylic acids is 1. The molecule has 1 aromatic rings. The third-order valence-corrected chi connectivity index (χ3v) is 4.09. The molecule has 11 nitrogen and oxygen atoms in total. The standard InChI is InChI=1S/C14H16Br2N4O7/c15-2-5-18(6-3-16)13-10(14(23)17-4-1-12(21)22)7-9(19(24)25)8-11(13)20(26)27/h7-8H,1-6H2,(H,17,23)(H,21,22). The van der Waals surface area contributed by atoms with E-state index >= 15 is 0 Å². The molecule has 1 amide bonds. The SMILES string of the molecule is O=C(O)CCNC(=O)c1cc([N+](=O)[O-])cc([N+](=O)[O-])c1N(CCBr)CCBr. The highest BCUT2D eigenvalue weighted by molar-refractivity contribution is 9.09. The van der Waals surface area contributed by atoms with Crippen molar-refractivity contribution in [3.63, 3.8) is 0 Å². The number of non-ortho nitro benzene ring substituents is 1. The summed E-state index contributed by atoms with van der Waals surface area (Å²) in [4.78, 5) is 45.7. The summed E-state index contributed by atoms with van der Waals surface area (Å²) in [6.07, 6.45) is -0.357. The van der Waals surface area contributed by atoms with Crippen molar-refractivity contribution in [3.05, 3.63) is 37.9 Å². The largest absolute Gasteiger partial charge is 0.481 e. The van der Waals surface area contributed by atoms with E-state index in [-0.39, 0.29) is 24.2 Å². The molecular formula is C14H16Br2N4O7. The number of hydrogen-bond donors (Lipinski definition) is 2. The quantitative estimate of drug-likeness (QED) is 0.260. The Balaban J connectivity index is 3.53. The lowest BCUT2D eigenvalue weighted by molar-refractivity contribution is -0.393. The molecule has 1 aromatic carbocycles. The van der Waals surface area contributed by atoms with Crippen molar-refractivity contribution in [2.24, 2.45) is 0 Å². The molecule has 148 valence electrons. The first-order valence-corrected chi connectivity index (χ1v) is 9.80. The zero-order chi connectivity index (χ0) is 20.6. The number of carbonyl (C=O) groups excluding carboxylic acids is 1. The Morgan fingerprint density at radius 1 is 1.11 bits per heavy atom. The second-order valence-corrected chi connectivity index (χ2v) is 6.73. The highest BCUT2D eigenvalue weighted by atomic mass is 79.9. The zero-order valence-corrected chi connectivity index (χ0v) is 17.1. The van der Waals surface area contributed by atoms with E-state index in [0.717, 1.165) is 12.1 Å². The van der Waals surface area contributed by atoms with Crippen molar-refractivity contribution in [2.75, 3.05) is 35.2 Å². The van der Waals surface area contributed by atoms with Crippen LogP contribution in [0.4, 0.5) is 17.1 Å². The Kier molecular flexibility index (Phi) is 9.08. The van der Waals surface area contributed by atoms with Gasteiger partial charge in [0.1, 0.15) is 5.69 Å². The first kappa shape index (κ1) is 22.8. The number of rotatable bonds is 11. The molecule has 0 unspecified atom stereocenters. The fourth-order valence-corrected chi connectivity index (χ4v) is 3.13. The molecule has 0 radical (unpaired) electrons. The van der Waals surface area contributed by atoms with Gasteiger partial charge in [-0.1, -0.05) is 31.9 Å². The molecule has 1 rings (SSSR count). The van der Waals surface area contributed by atoms with Crippen LogP contribution in [-0.4, -0.2) is 57.1 Å². The van der Waals surface area contributed by atoms with Gasteiger partial charge in [0.15, 0.2) is 0 Å². The number of benzene rings is 1. The Morgan fingerprint density at radius 3 is 2.15 bits per heavy atom. The highest BCUT2D eigenvalue weighted by Crippen LogP contribution is 2.36. The highest BCUT2D eigenvalue weighted by Gasteiger charge is 2.30. The van der Waals surface area contributed by atoms with Crippen LogP contribution in [0.5, 0.6) is 0 Å². The molecule has 13 heteroatoms. The van der Waals surface area contributed by atoms with Gasteiger partial charge < -0.3 is 15.3 Å². The van der Waals surface area contributed by atoms with Gasteiger partial charge in [-0.15, -0.1) is 0 Å². The van der Waals surface area contributed by atoms with E-state index in [2.05, 4.69) is 37.2 Å². The van der Waals surface area contributed by atoms with Gasteiger partial charge in [0, 0.05) is 36.4 Å². The Morgan fingerprint density at radius 2 is 1.70 bits per heavy atom. The van der Waals surface area contributed by atoms with Gasteiger partial charge in [-0.3, -0.25) is 29.8 Å². The van der Waals surface area contributed by atoms with Crippen molar-refractivity contribution < 1.29 is 24.5 Å². The summed E-state index contributed by atoms with van der Waals surface area (Å²) in [5.74, 6) is -1.96. The van der Waals surface area contributed by atoms with Gasteiger partial charge in [0.2, 0.25) is 0 Å². The summed E-state index contributed by atoms with van der Waals surface area (Å²) in [5.41, 5.74) is -1.50. The number of alkyl halides is 2. The molecule has 0 saturated carbocycles. The molecule has 0 heterocycles. The van der Waals surface area contributed by atoms with Gasteiger partial charge in [-0.25, -0.2) is 0 Å². The van der Waals surface area contributed by atoms with E-state index in [0.29, 0.717) is 23.7 Å². The fraction of sp³-hybridized carbons (Fsp3) is 0.429. The maximum atomic E-state index is 12.5. The van der Waals surface area contributed by atoms with Crippen LogP contribution in [-0.2, 0) is 4.79 Å². The molecule has 0 aliphatic heterocycles. The molecule has 0 spiro atoms. The first-order chi connectivity index (χ1) is 12.7. The van der Waals surface area contributed by atoms with E-state index in [9.17, 15) is 29.8 Å². The number of aliphatic carboxylic acids is 1. The number of halogens is 2. The van der Waals surface area contributed by atoms with E-state index in [1.807, 2.05) is 0 Å². The van der Waals surface area contributed by atoms with Crippen LogP contribution in [0, 0.1) is 20.2 Å². The minimum atomic E-state index is -1.14. The maximum absolute atomic E-state index is 12.5. The van der Waals surface area contributed by atoms with Gasteiger partial charge in [-0.2, -0.15) is 0 Å². The number of nitro benzene ring substituents is 2. The molecule has 0 atom stereocenters. The zero-order valence-electron chi connectivity index (χ0n) is 13.9. The lowest BCUT2D eigenvalue weighted by Crippen LogP contribution is -2.33. The fourth-order valence-electron chi connectivity index (χ4n) is 2.27. The van der Waals surface area contributed by atoms with Gasteiger partial charge in [0.25, 0.3) is 17.3 Å². The summed E-state index contributed by atoms with van der Waals surface area (Å²) in [5, 5.41) is 34.5. The van der Waals surface area contributed by atoms with Crippen molar-refractivity contribution >= 4 is 60.8 Å². The number of nitrogens with one attached hydrogen (secondary N) is 1. The Hall–Kier alpha value is -2.28. The average Bonchev–Trinajstić information content (AvgIpc) is 2.59. The number of anilines is 1. The number of carbonyl (C=O) groups is 2. The third kappa shape index (κ3) is 6.43. The molecule has 2 N–H and O–H groups in total. The number of amides is 1. The Labute approximate surface area is 170 Å². The minimum absolute atomic E-state index is 0.0580. The first-order valence-electron chi connectivity index (χ1n) is 7.56. The summed E-state index contributed by atoms with van der Waals surface area (Å²) < 4.78 is 0. The van der Waals surface area contributed by atoms with Crippen LogP contribution < -0.4 is 10.2 Å². The monoisotopic (exact) mass is 510 g/mol. The molecule has 0 aliphatic carbocycles. The maximum Gasteiger partial charge on any atom is 0.305 e. The van der Waals surface area contributed by atoms with Gasteiger partial charge in [-0.05, 0) is 0 Å².